The largest absolute Gasteiger partial charge is 0.481 e. The van der Waals surface area contributed by atoms with Gasteiger partial charge in [-0.3, -0.25) is 28.8 Å². The lowest BCUT2D eigenvalue weighted by molar-refractivity contribution is -0.149. The molecular weight excluding hydrogens is 554 g/mol. The number of nitrogens with one attached hydrogen (secondary N) is 3. The van der Waals surface area contributed by atoms with Gasteiger partial charge in [0.2, 0.25) is 23.6 Å². The first kappa shape index (κ1) is 34.6. The molecule has 0 unspecified atom stereocenters. The van der Waals surface area contributed by atoms with E-state index in [2.05, 4.69) is 16.0 Å². The van der Waals surface area contributed by atoms with Gasteiger partial charge in [0.15, 0.2) is 0 Å². The molecule has 9 N–H and O–H groups in total. The molecule has 17 heteroatoms. The number of hydrogen-bond donors (Lipinski definition) is 8. The summed E-state index contributed by atoms with van der Waals surface area (Å²) in [5.41, 5.74) is 5.44. The molecule has 0 aromatic heterocycles. The van der Waals surface area contributed by atoms with Crippen LogP contribution in [0.2, 0.25) is 0 Å². The fourth-order valence-corrected chi connectivity index (χ4v) is 4.43. The summed E-state index contributed by atoms with van der Waals surface area (Å²) in [5.74, 6) is -6.84. The van der Waals surface area contributed by atoms with Crippen LogP contribution in [0.4, 0.5) is 0 Å². The van der Waals surface area contributed by atoms with Gasteiger partial charge < -0.3 is 47.0 Å². The second-order valence-corrected chi connectivity index (χ2v) is 10.1. The van der Waals surface area contributed by atoms with Crippen molar-refractivity contribution in [1.29, 1.82) is 0 Å². The van der Waals surface area contributed by atoms with Crippen molar-refractivity contribution in [2.75, 3.05) is 25.2 Å². The third kappa shape index (κ3) is 11.4. The van der Waals surface area contributed by atoms with Crippen LogP contribution in [0, 0.1) is 0 Å². The molecular formula is C23H37N5O11S. The summed E-state index contributed by atoms with van der Waals surface area (Å²) in [6.45, 7) is -0.574. The summed E-state index contributed by atoms with van der Waals surface area (Å²) in [4.78, 5) is 86.5. The minimum atomic E-state index is -1.50. The van der Waals surface area contributed by atoms with Crippen molar-refractivity contribution in [3.8, 4) is 0 Å². The SMILES string of the molecule is CSCC[C@H](NC(=O)[C@H](CCC(=O)O)NC(=O)[C@H](CCC(=O)O)NC(=O)[C@@H](N)CO)C(=O)N1CCC[C@H]1C(=O)O. The van der Waals surface area contributed by atoms with Crippen LogP contribution in [-0.2, 0) is 33.6 Å². The molecule has 1 fully saturated rings. The van der Waals surface area contributed by atoms with Crippen molar-refractivity contribution < 1.29 is 54.0 Å². The number of amides is 4. The highest BCUT2D eigenvalue weighted by atomic mass is 32.2. The molecule has 226 valence electrons. The second kappa shape index (κ2) is 17.3. The smallest absolute Gasteiger partial charge is 0.326 e. The van der Waals surface area contributed by atoms with Crippen LogP contribution >= 0.6 is 11.8 Å². The Hall–Kier alpha value is -3.44. The molecule has 5 atom stereocenters. The van der Waals surface area contributed by atoms with E-state index < -0.39 is 104 Å². The summed E-state index contributed by atoms with van der Waals surface area (Å²) in [7, 11) is 0. The van der Waals surface area contributed by atoms with Gasteiger partial charge in [0.05, 0.1) is 6.61 Å². The molecule has 0 saturated carbocycles. The molecule has 0 bridgehead atoms. The number of aliphatic carboxylic acids is 3. The molecule has 1 saturated heterocycles. The van der Waals surface area contributed by atoms with Gasteiger partial charge >= 0.3 is 17.9 Å². The second-order valence-electron chi connectivity index (χ2n) is 9.15. The van der Waals surface area contributed by atoms with Crippen molar-refractivity contribution in [2.45, 2.75) is 75.2 Å². The summed E-state index contributed by atoms with van der Waals surface area (Å²) >= 11 is 1.38. The summed E-state index contributed by atoms with van der Waals surface area (Å²) < 4.78 is 0. The van der Waals surface area contributed by atoms with Crippen molar-refractivity contribution in [2.24, 2.45) is 5.73 Å². The zero-order valence-electron chi connectivity index (χ0n) is 22.0. The van der Waals surface area contributed by atoms with Gasteiger partial charge in [-0.1, -0.05) is 0 Å². The predicted molar refractivity (Wildman–Crippen MR) is 140 cm³/mol. The topological polar surface area (TPSA) is 266 Å². The maximum absolute atomic E-state index is 13.2. The number of aliphatic hydroxyl groups excluding tert-OH is 1. The Morgan fingerprint density at radius 1 is 0.850 bits per heavy atom. The average Bonchev–Trinajstić information content (AvgIpc) is 3.40. The normalized spacial score (nSPS) is 17.7. The quantitative estimate of drug-likeness (QED) is 0.0808. The Labute approximate surface area is 234 Å². The monoisotopic (exact) mass is 591 g/mol. The van der Waals surface area contributed by atoms with E-state index in [-0.39, 0.29) is 19.4 Å². The van der Waals surface area contributed by atoms with Crippen molar-refractivity contribution in [3.63, 3.8) is 0 Å². The number of carboxylic acids is 3. The van der Waals surface area contributed by atoms with E-state index in [1.54, 1.807) is 6.26 Å². The van der Waals surface area contributed by atoms with Gasteiger partial charge in [-0.2, -0.15) is 11.8 Å². The van der Waals surface area contributed by atoms with Crippen LogP contribution < -0.4 is 21.7 Å². The number of carboxylic acid groups (broad SMARTS) is 3. The molecule has 1 heterocycles. The molecule has 0 aromatic rings. The van der Waals surface area contributed by atoms with E-state index in [9.17, 15) is 38.7 Å². The maximum atomic E-state index is 13.2. The first-order valence-corrected chi connectivity index (χ1v) is 13.9. The molecule has 1 rings (SSSR count). The fraction of sp³-hybridized carbons (Fsp3) is 0.696. The highest BCUT2D eigenvalue weighted by Crippen LogP contribution is 2.20. The highest BCUT2D eigenvalue weighted by molar-refractivity contribution is 7.98. The van der Waals surface area contributed by atoms with E-state index in [0.29, 0.717) is 12.2 Å². The Kier molecular flexibility index (Phi) is 15.0. The molecule has 1 aliphatic heterocycles. The first-order valence-electron chi connectivity index (χ1n) is 12.6. The minimum Gasteiger partial charge on any atom is -0.481 e. The number of hydrogen-bond acceptors (Lipinski definition) is 10. The molecule has 40 heavy (non-hydrogen) atoms. The van der Waals surface area contributed by atoms with Gasteiger partial charge in [-0.05, 0) is 44.1 Å². The first-order chi connectivity index (χ1) is 18.8. The zero-order valence-corrected chi connectivity index (χ0v) is 22.9. The van der Waals surface area contributed by atoms with Crippen molar-refractivity contribution in [3.05, 3.63) is 0 Å². The van der Waals surface area contributed by atoms with Crippen LogP contribution in [0.3, 0.4) is 0 Å². The molecule has 0 spiro atoms. The number of likely N-dealkylation sites (tertiary alicyclic amines) is 1. The Bertz CT molecular complexity index is 950. The number of nitrogens with zero attached hydrogens (tertiary/aromatic N) is 1. The lowest BCUT2D eigenvalue weighted by atomic mass is 10.1. The molecule has 4 amide bonds. The van der Waals surface area contributed by atoms with E-state index in [1.807, 2.05) is 0 Å². The van der Waals surface area contributed by atoms with Crippen LogP contribution in [0.1, 0.15) is 44.9 Å². The van der Waals surface area contributed by atoms with Crippen molar-refractivity contribution >= 4 is 53.3 Å². The Morgan fingerprint density at radius 3 is 1.80 bits per heavy atom. The molecule has 0 aromatic carbocycles. The van der Waals surface area contributed by atoms with Crippen LogP contribution in [0.25, 0.3) is 0 Å². The molecule has 0 aliphatic carbocycles. The number of carbonyl (C=O) groups excluding carboxylic acids is 4. The lowest BCUT2D eigenvalue weighted by Gasteiger charge is -2.29. The van der Waals surface area contributed by atoms with Gasteiger partial charge in [-0.25, -0.2) is 4.79 Å². The third-order valence-electron chi connectivity index (χ3n) is 6.14. The maximum Gasteiger partial charge on any atom is 0.326 e. The van der Waals surface area contributed by atoms with Gasteiger partial charge in [0, 0.05) is 19.4 Å². The fourth-order valence-electron chi connectivity index (χ4n) is 3.96. The molecule has 16 nitrogen and oxygen atoms in total. The zero-order chi connectivity index (χ0) is 30.4. The number of thioether (sulfide) groups is 1. The summed E-state index contributed by atoms with van der Waals surface area (Å²) in [6, 6.07) is -6.61. The standard InChI is InChI=1S/C23H37N5O11S/c1-40-10-8-15(22(37)28-9-2-3-16(28)23(38)39)27-21(36)14(5-7-18(32)33)26-20(35)13(4-6-17(30)31)25-19(34)12(24)11-29/h12-16,29H,2-11,24H2,1H3,(H,25,34)(H,26,35)(H,27,36)(H,30,31)(H,32,33)(H,38,39)/t12-,13-,14-,15-,16-/m0/s1. The van der Waals surface area contributed by atoms with Gasteiger partial charge in [0.1, 0.15) is 30.2 Å². The van der Waals surface area contributed by atoms with Crippen LogP contribution in [0.15, 0.2) is 0 Å². The average molecular weight is 592 g/mol. The molecule has 0 radical (unpaired) electrons. The van der Waals surface area contributed by atoms with Crippen molar-refractivity contribution in [1.82, 2.24) is 20.9 Å². The summed E-state index contributed by atoms with van der Waals surface area (Å²) in [6.07, 6.45) is 0.693. The number of rotatable bonds is 18. The van der Waals surface area contributed by atoms with Gasteiger partial charge in [-0.15, -0.1) is 0 Å². The predicted octanol–water partition coefficient (Wildman–Crippen LogP) is -2.68. The lowest BCUT2D eigenvalue weighted by Crippen LogP contribution is -2.58. The Balaban J connectivity index is 3.15. The number of nitrogens with two attached hydrogens (primary N) is 1. The van der Waals surface area contributed by atoms with Gasteiger partial charge in [0.25, 0.3) is 0 Å². The molecule has 1 aliphatic rings. The van der Waals surface area contributed by atoms with E-state index in [4.69, 9.17) is 21.1 Å². The van der Waals surface area contributed by atoms with E-state index in [1.165, 1.54) is 16.7 Å². The number of carbonyl (C=O) groups is 7. The minimum absolute atomic E-state index is 0.129. The van der Waals surface area contributed by atoms with Crippen LogP contribution in [0.5, 0.6) is 0 Å². The van der Waals surface area contributed by atoms with Crippen LogP contribution in [-0.4, -0.2) is 122 Å². The highest BCUT2D eigenvalue weighted by Gasteiger charge is 2.38. The Morgan fingerprint density at radius 2 is 1.35 bits per heavy atom. The number of aliphatic hydroxyl groups is 1. The van der Waals surface area contributed by atoms with E-state index in [0.717, 1.165) is 0 Å². The third-order valence-corrected chi connectivity index (χ3v) is 6.78. The van der Waals surface area contributed by atoms with E-state index >= 15 is 0 Å². The summed E-state index contributed by atoms with van der Waals surface area (Å²) in [5, 5.41) is 43.7.